The minimum atomic E-state index is -0.357. The zero-order chi connectivity index (χ0) is 13.9. The van der Waals surface area contributed by atoms with E-state index in [9.17, 15) is 8.78 Å². The largest absolute Gasteiger partial charge is 0.311 e. The third-order valence-electron chi connectivity index (χ3n) is 4.40. The molecule has 1 aliphatic heterocycles. The molecule has 0 radical (unpaired) electrons. The Labute approximate surface area is 114 Å². The lowest BCUT2D eigenvalue weighted by Gasteiger charge is -2.38. The van der Waals surface area contributed by atoms with Crippen molar-refractivity contribution in [3.8, 4) is 0 Å². The molecule has 0 spiro atoms. The molecule has 0 amide bonds. The van der Waals surface area contributed by atoms with Crippen LogP contribution >= 0.6 is 0 Å². The molecule has 1 unspecified atom stereocenters. The average molecular weight is 267 g/mol. The van der Waals surface area contributed by atoms with Crippen molar-refractivity contribution in [1.29, 1.82) is 0 Å². The Morgan fingerprint density at radius 1 is 1.21 bits per heavy atom. The lowest BCUT2D eigenvalue weighted by atomic mass is 9.77. The molecule has 106 valence electrons. The number of hydrogen-bond acceptors (Lipinski definition) is 1. The summed E-state index contributed by atoms with van der Waals surface area (Å²) in [6.07, 6.45) is 5.13. The van der Waals surface area contributed by atoms with E-state index in [0.717, 1.165) is 19.4 Å². The minimum absolute atomic E-state index is 0.106. The molecule has 1 aliphatic rings. The van der Waals surface area contributed by atoms with E-state index in [1.165, 1.54) is 31.0 Å². The molecule has 0 bridgehead atoms. The predicted octanol–water partition coefficient (Wildman–Crippen LogP) is 4.07. The molecule has 19 heavy (non-hydrogen) atoms. The van der Waals surface area contributed by atoms with Gasteiger partial charge in [-0.2, -0.15) is 0 Å². The standard InChI is InChI=1S/C16H23F2N/c1-12(2)16(8-4-3-5-9-19-16)11-13-10-14(17)6-7-15(13)18/h6-7,10,12,19H,3-5,8-9,11H2,1-2H3. The number of nitrogens with one attached hydrogen (secondary N) is 1. The highest BCUT2D eigenvalue weighted by Gasteiger charge is 2.34. The molecule has 1 N–H and O–H groups in total. The fraction of sp³-hybridized carbons (Fsp3) is 0.625. The molecule has 1 fully saturated rings. The fourth-order valence-corrected chi connectivity index (χ4v) is 3.03. The van der Waals surface area contributed by atoms with Crippen LogP contribution in [-0.4, -0.2) is 12.1 Å². The molecule has 0 aliphatic carbocycles. The molecule has 1 atom stereocenters. The first-order valence-corrected chi connectivity index (χ1v) is 7.22. The molecular weight excluding hydrogens is 244 g/mol. The Kier molecular flexibility index (Phi) is 4.56. The second-order valence-electron chi connectivity index (χ2n) is 5.96. The van der Waals surface area contributed by atoms with Crippen molar-refractivity contribution in [2.75, 3.05) is 6.54 Å². The van der Waals surface area contributed by atoms with Crippen molar-refractivity contribution in [3.05, 3.63) is 35.4 Å². The quantitative estimate of drug-likeness (QED) is 0.870. The Morgan fingerprint density at radius 3 is 2.74 bits per heavy atom. The van der Waals surface area contributed by atoms with E-state index in [2.05, 4.69) is 19.2 Å². The predicted molar refractivity (Wildman–Crippen MR) is 74.1 cm³/mol. The molecule has 0 saturated carbocycles. The van der Waals surface area contributed by atoms with E-state index in [0.29, 0.717) is 17.9 Å². The summed E-state index contributed by atoms with van der Waals surface area (Å²) in [5.41, 5.74) is 0.383. The third kappa shape index (κ3) is 3.33. The third-order valence-corrected chi connectivity index (χ3v) is 4.40. The summed E-state index contributed by atoms with van der Waals surface area (Å²) in [4.78, 5) is 0. The van der Waals surface area contributed by atoms with E-state index >= 15 is 0 Å². The lowest BCUT2D eigenvalue weighted by Crippen LogP contribution is -2.51. The van der Waals surface area contributed by atoms with Gasteiger partial charge in [0.05, 0.1) is 0 Å². The van der Waals surface area contributed by atoms with Gasteiger partial charge in [0.1, 0.15) is 11.6 Å². The normalized spacial score (nSPS) is 24.5. The average Bonchev–Trinajstić information content (AvgIpc) is 2.60. The molecule has 1 heterocycles. The van der Waals surface area contributed by atoms with Crippen LogP contribution in [0.15, 0.2) is 18.2 Å². The number of hydrogen-bond donors (Lipinski definition) is 1. The van der Waals surface area contributed by atoms with Crippen LogP contribution in [0.2, 0.25) is 0 Å². The maximum Gasteiger partial charge on any atom is 0.126 e. The van der Waals surface area contributed by atoms with Gasteiger partial charge in [0.25, 0.3) is 0 Å². The summed E-state index contributed by atoms with van der Waals surface area (Å²) >= 11 is 0. The van der Waals surface area contributed by atoms with Gasteiger partial charge in [0.15, 0.2) is 0 Å². The summed E-state index contributed by atoms with van der Waals surface area (Å²) in [5, 5.41) is 3.60. The van der Waals surface area contributed by atoms with Gasteiger partial charge in [-0.3, -0.25) is 0 Å². The molecular formula is C16H23F2N. The first-order chi connectivity index (χ1) is 9.03. The van der Waals surface area contributed by atoms with Crippen LogP contribution < -0.4 is 5.32 Å². The maximum absolute atomic E-state index is 13.9. The molecule has 0 aromatic heterocycles. The van der Waals surface area contributed by atoms with E-state index in [1.54, 1.807) is 0 Å². The van der Waals surface area contributed by atoms with Crippen LogP contribution in [0.5, 0.6) is 0 Å². The first kappa shape index (κ1) is 14.4. The van der Waals surface area contributed by atoms with E-state index in [4.69, 9.17) is 0 Å². The van der Waals surface area contributed by atoms with Gasteiger partial charge in [0.2, 0.25) is 0 Å². The number of halogens is 2. The Morgan fingerprint density at radius 2 is 2.00 bits per heavy atom. The van der Waals surface area contributed by atoms with Gasteiger partial charge < -0.3 is 5.32 Å². The Balaban J connectivity index is 2.27. The van der Waals surface area contributed by atoms with Crippen LogP contribution in [0.1, 0.15) is 45.1 Å². The van der Waals surface area contributed by atoms with Crippen LogP contribution in [0, 0.1) is 17.6 Å². The highest BCUT2D eigenvalue weighted by atomic mass is 19.1. The van der Waals surface area contributed by atoms with Gasteiger partial charge in [-0.05, 0) is 55.5 Å². The van der Waals surface area contributed by atoms with Crippen LogP contribution in [0.4, 0.5) is 8.78 Å². The summed E-state index contributed by atoms with van der Waals surface area (Å²) in [7, 11) is 0. The number of benzene rings is 1. The van der Waals surface area contributed by atoms with Crippen molar-refractivity contribution in [2.24, 2.45) is 5.92 Å². The Bertz CT molecular complexity index is 421. The van der Waals surface area contributed by atoms with Gasteiger partial charge in [-0.1, -0.05) is 26.7 Å². The summed E-state index contributed by atoms with van der Waals surface area (Å²) in [6.45, 7) is 5.29. The van der Waals surface area contributed by atoms with Crippen molar-refractivity contribution < 1.29 is 8.78 Å². The van der Waals surface area contributed by atoms with Crippen molar-refractivity contribution in [1.82, 2.24) is 5.32 Å². The van der Waals surface area contributed by atoms with Gasteiger partial charge in [-0.15, -0.1) is 0 Å². The van der Waals surface area contributed by atoms with E-state index in [1.807, 2.05) is 0 Å². The zero-order valence-electron chi connectivity index (χ0n) is 11.8. The highest BCUT2D eigenvalue weighted by Crippen LogP contribution is 2.31. The Hall–Kier alpha value is -0.960. The van der Waals surface area contributed by atoms with Crippen LogP contribution in [0.25, 0.3) is 0 Å². The topological polar surface area (TPSA) is 12.0 Å². The summed E-state index contributed by atoms with van der Waals surface area (Å²) < 4.78 is 27.2. The SMILES string of the molecule is CC(C)C1(Cc2cc(F)ccc2F)CCCCCN1. The molecule has 1 nitrogen and oxygen atoms in total. The van der Waals surface area contributed by atoms with Gasteiger partial charge in [0, 0.05) is 5.54 Å². The molecule has 3 heteroatoms. The molecule has 2 rings (SSSR count). The number of rotatable bonds is 3. The van der Waals surface area contributed by atoms with Gasteiger partial charge >= 0.3 is 0 Å². The molecule has 1 aromatic carbocycles. The molecule has 1 aromatic rings. The monoisotopic (exact) mass is 267 g/mol. The van der Waals surface area contributed by atoms with Crippen molar-refractivity contribution in [3.63, 3.8) is 0 Å². The molecule has 1 saturated heterocycles. The smallest absolute Gasteiger partial charge is 0.126 e. The maximum atomic E-state index is 13.9. The minimum Gasteiger partial charge on any atom is -0.311 e. The van der Waals surface area contributed by atoms with E-state index in [-0.39, 0.29) is 17.2 Å². The first-order valence-electron chi connectivity index (χ1n) is 7.22. The van der Waals surface area contributed by atoms with Crippen molar-refractivity contribution in [2.45, 2.75) is 51.5 Å². The second kappa shape index (κ2) is 6.00. The second-order valence-corrected chi connectivity index (χ2v) is 5.96. The van der Waals surface area contributed by atoms with Gasteiger partial charge in [-0.25, -0.2) is 8.78 Å². The van der Waals surface area contributed by atoms with Crippen LogP contribution in [0.3, 0.4) is 0 Å². The lowest BCUT2D eigenvalue weighted by molar-refractivity contribution is 0.223. The fourth-order valence-electron chi connectivity index (χ4n) is 3.03. The zero-order valence-corrected chi connectivity index (χ0v) is 11.8. The highest BCUT2D eigenvalue weighted by molar-refractivity contribution is 5.22. The summed E-state index contributed by atoms with van der Waals surface area (Å²) in [5.74, 6) is -0.260. The van der Waals surface area contributed by atoms with Crippen molar-refractivity contribution >= 4 is 0 Å². The summed E-state index contributed by atoms with van der Waals surface area (Å²) in [6, 6.07) is 3.75. The van der Waals surface area contributed by atoms with E-state index < -0.39 is 0 Å². The van der Waals surface area contributed by atoms with Crippen LogP contribution in [-0.2, 0) is 6.42 Å².